The second-order valence-electron chi connectivity index (χ2n) is 3.20. The summed E-state index contributed by atoms with van der Waals surface area (Å²) in [4.78, 5) is 0. The second kappa shape index (κ2) is 7.82. The number of terminal acetylenes is 1. The van der Waals surface area contributed by atoms with Crippen LogP contribution in [0.5, 0.6) is 0 Å². The molecule has 82 valence electrons. The summed E-state index contributed by atoms with van der Waals surface area (Å²) >= 11 is 1.73. The van der Waals surface area contributed by atoms with Crippen LogP contribution in [-0.4, -0.2) is 18.1 Å². The highest BCUT2D eigenvalue weighted by Gasteiger charge is 1.98. The van der Waals surface area contributed by atoms with Gasteiger partial charge in [-0.25, -0.2) is 0 Å². The third-order valence-corrected chi connectivity index (χ3v) is 2.93. The molecule has 0 unspecified atom stereocenters. The zero-order chi connectivity index (χ0) is 11.6. The van der Waals surface area contributed by atoms with Gasteiger partial charge in [0.25, 0.3) is 0 Å². The van der Waals surface area contributed by atoms with Gasteiger partial charge in [-0.1, -0.05) is 24.1 Å². The van der Waals surface area contributed by atoms with Crippen molar-refractivity contribution in [2.45, 2.75) is 6.54 Å². The summed E-state index contributed by atoms with van der Waals surface area (Å²) in [6.07, 6.45) is 5.14. The Kier molecular flexibility index (Phi) is 6.18. The first-order valence-corrected chi connectivity index (χ1v) is 6.24. The van der Waals surface area contributed by atoms with Crippen molar-refractivity contribution in [3.8, 4) is 18.4 Å². The largest absolute Gasteiger partial charge is 0.312 e. The minimum atomic E-state index is 0.736. The second-order valence-corrected chi connectivity index (χ2v) is 4.31. The van der Waals surface area contributed by atoms with E-state index in [1.807, 2.05) is 24.3 Å². The quantitative estimate of drug-likeness (QED) is 0.600. The zero-order valence-electron chi connectivity index (χ0n) is 9.07. The van der Waals surface area contributed by atoms with Crippen LogP contribution in [0.15, 0.2) is 24.3 Å². The molecule has 1 aromatic rings. The van der Waals surface area contributed by atoms with Crippen LogP contribution in [0.4, 0.5) is 0 Å². The number of hydrogen-bond donors (Lipinski definition) is 1. The van der Waals surface area contributed by atoms with Gasteiger partial charge in [-0.3, -0.25) is 0 Å². The number of hydrogen-bond acceptors (Lipinski definition) is 3. The molecule has 0 amide bonds. The number of nitriles is 1. The van der Waals surface area contributed by atoms with Crippen LogP contribution in [0.3, 0.4) is 0 Å². The maximum absolute atomic E-state index is 8.89. The van der Waals surface area contributed by atoms with Gasteiger partial charge in [-0.15, -0.1) is 18.2 Å². The average molecular weight is 230 g/mol. The Morgan fingerprint density at radius 3 is 2.94 bits per heavy atom. The number of nitrogens with zero attached hydrogens (tertiary/aromatic N) is 1. The number of thioether (sulfide) groups is 1. The van der Waals surface area contributed by atoms with Crippen LogP contribution in [0.1, 0.15) is 11.1 Å². The van der Waals surface area contributed by atoms with Crippen molar-refractivity contribution in [2.24, 2.45) is 0 Å². The van der Waals surface area contributed by atoms with Gasteiger partial charge in [-0.2, -0.15) is 5.26 Å². The molecule has 3 heteroatoms. The fraction of sp³-hybridized carbons (Fsp3) is 0.308. The minimum Gasteiger partial charge on any atom is -0.312 e. The van der Waals surface area contributed by atoms with Crippen molar-refractivity contribution in [1.82, 2.24) is 5.32 Å². The van der Waals surface area contributed by atoms with E-state index in [4.69, 9.17) is 11.7 Å². The zero-order valence-corrected chi connectivity index (χ0v) is 9.89. The van der Waals surface area contributed by atoms with Crippen LogP contribution >= 0.6 is 11.8 Å². The molecule has 0 aliphatic carbocycles. The lowest BCUT2D eigenvalue weighted by atomic mass is 10.1. The van der Waals surface area contributed by atoms with E-state index in [1.54, 1.807) is 11.8 Å². The summed E-state index contributed by atoms with van der Waals surface area (Å²) in [6.45, 7) is 1.65. The van der Waals surface area contributed by atoms with Crippen LogP contribution in [-0.2, 0) is 6.54 Å². The fourth-order valence-corrected chi connectivity index (χ4v) is 1.83. The van der Waals surface area contributed by atoms with Gasteiger partial charge in [0.15, 0.2) is 0 Å². The molecule has 0 bridgehead atoms. The Morgan fingerprint density at radius 1 is 1.38 bits per heavy atom. The normalized spacial score (nSPS) is 9.38. The molecule has 0 heterocycles. The lowest BCUT2D eigenvalue weighted by molar-refractivity contribution is 0.731. The van der Waals surface area contributed by atoms with Gasteiger partial charge in [0.2, 0.25) is 0 Å². The number of benzene rings is 1. The molecule has 0 aliphatic heterocycles. The minimum absolute atomic E-state index is 0.736. The molecule has 0 spiro atoms. The third-order valence-electron chi connectivity index (χ3n) is 2.06. The van der Waals surface area contributed by atoms with E-state index >= 15 is 0 Å². The number of rotatable bonds is 6. The summed E-state index contributed by atoms with van der Waals surface area (Å²) in [5.41, 5.74) is 1.79. The van der Waals surface area contributed by atoms with Crippen molar-refractivity contribution in [2.75, 3.05) is 18.1 Å². The third kappa shape index (κ3) is 4.40. The Morgan fingerprint density at radius 2 is 2.19 bits per heavy atom. The molecular weight excluding hydrogens is 216 g/mol. The van der Waals surface area contributed by atoms with Crippen LogP contribution in [0, 0.1) is 23.7 Å². The molecule has 1 N–H and O–H groups in total. The van der Waals surface area contributed by atoms with Crippen LogP contribution in [0.25, 0.3) is 0 Å². The van der Waals surface area contributed by atoms with Crippen LogP contribution < -0.4 is 5.32 Å². The summed E-state index contributed by atoms with van der Waals surface area (Å²) in [5, 5.41) is 12.2. The predicted molar refractivity (Wildman–Crippen MR) is 69.0 cm³/mol. The van der Waals surface area contributed by atoms with Crippen molar-refractivity contribution in [1.29, 1.82) is 5.26 Å². The fourth-order valence-electron chi connectivity index (χ4n) is 1.28. The van der Waals surface area contributed by atoms with Crippen molar-refractivity contribution >= 4 is 11.8 Å². The van der Waals surface area contributed by atoms with Gasteiger partial charge < -0.3 is 5.32 Å². The number of nitrogens with one attached hydrogen (secondary N) is 1. The SMILES string of the molecule is C#CCSCCNCc1ccccc1C#N. The molecule has 2 nitrogen and oxygen atoms in total. The van der Waals surface area contributed by atoms with E-state index < -0.39 is 0 Å². The molecular formula is C13H14N2S. The maximum Gasteiger partial charge on any atom is 0.0995 e. The topological polar surface area (TPSA) is 35.8 Å². The summed E-state index contributed by atoms with van der Waals surface area (Å²) in [5.74, 6) is 4.35. The van der Waals surface area contributed by atoms with Gasteiger partial charge in [-0.05, 0) is 11.6 Å². The predicted octanol–water partition coefficient (Wildman–Crippen LogP) is 2.01. The average Bonchev–Trinajstić information content (AvgIpc) is 2.34. The van der Waals surface area contributed by atoms with Crippen molar-refractivity contribution in [3.05, 3.63) is 35.4 Å². The molecule has 0 radical (unpaired) electrons. The smallest absolute Gasteiger partial charge is 0.0995 e. The maximum atomic E-state index is 8.89. The highest BCUT2D eigenvalue weighted by Crippen LogP contribution is 2.06. The van der Waals surface area contributed by atoms with Crippen LogP contribution in [0.2, 0.25) is 0 Å². The summed E-state index contributed by atoms with van der Waals surface area (Å²) in [7, 11) is 0. The highest BCUT2D eigenvalue weighted by molar-refractivity contribution is 7.99. The first-order valence-electron chi connectivity index (χ1n) is 5.08. The standard InChI is InChI=1S/C13H14N2S/c1-2-8-16-9-7-15-11-13-6-4-3-5-12(13)10-14/h1,3-6,15H,7-9,11H2. The van der Waals surface area contributed by atoms with Gasteiger partial charge in [0, 0.05) is 18.8 Å². The molecule has 16 heavy (non-hydrogen) atoms. The van der Waals surface area contributed by atoms with E-state index in [2.05, 4.69) is 17.3 Å². The molecule has 0 saturated heterocycles. The van der Waals surface area contributed by atoms with Crippen molar-refractivity contribution < 1.29 is 0 Å². The summed E-state index contributed by atoms with van der Waals surface area (Å²) < 4.78 is 0. The molecule has 0 aliphatic rings. The lowest BCUT2D eigenvalue weighted by Crippen LogP contribution is -2.17. The molecule has 1 rings (SSSR count). The Balaban J connectivity index is 2.27. The first-order chi connectivity index (χ1) is 7.88. The van der Waals surface area contributed by atoms with E-state index in [-0.39, 0.29) is 0 Å². The molecule has 0 aromatic heterocycles. The molecule has 1 aromatic carbocycles. The van der Waals surface area contributed by atoms with E-state index in [0.29, 0.717) is 0 Å². The lowest BCUT2D eigenvalue weighted by Gasteiger charge is -2.05. The van der Waals surface area contributed by atoms with Gasteiger partial charge in [0.05, 0.1) is 17.4 Å². The Bertz CT molecular complexity index is 401. The Hall–Kier alpha value is -1.42. The Labute approximate surface area is 101 Å². The molecule has 0 fully saturated rings. The molecule has 0 saturated carbocycles. The summed E-state index contributed by atoms with van der Waals surface area (Å²) in [6, 6.07) is 9.82. The van der Waals surface area contributed by atoms with E-state index in [1.165, 1.54) is 0 Å². The monoisotopic (exact) mass is 230 g/mol. The van der Waals surface area contributed by atoms with Crippen molar-refractivity contribution in [3.63, 3.8) is 0 Å². The van der Waals surface area contributed by atoms with Gasteiger partial charge in [0.1, 0.15) is 0 Å². The highest BCUT2D eigenvalue weighted by atomic mass is 32.2. The van der Waals surface area contributed by atoms with Gasteiger partial charge >= 0.3 is 0 Å². The van der Waals surface area contributed by atoms with E-state index in [0.717, 1.165) is 35.7 Å². The van der Waals surface area contributed by atoms with E-state index in [9.17, 15) is 0 Å². The first kappa shape index (κ1) is 12.6. The molecule has 0 atom stereocenters.